The Labute approximate surface area is 145 Å². The Morgan fingerprint density at radius 3 is 1.70 bits per heavy atom. The van der Waals surface area contributed by atoms with Gasteiger partial charge in [-0.05, 0) is 0 Å². The standard InChI is InChI=1S/C14H23N7S2/c1-15-12(16-6-10-8-22-13(18-10)20(2)3)17-7-11-9-23-14(19-11)21(4)5/h8-9H,6-7H2,1-5H3,(H2,15,16,17). The van der Waals surface area contributed by atoms with Gasteiger partial charge in [0.2, 0.25) is 0 Å². The number of rotatable bonds is 6. The van der Waals surface area contributed by atoms with Crippen LogP contribution < -0.4 is 20.4 Å². The topological polar surface area (TPSA) is 68.7 Å². The molecule has 0 fully saturated rings. The van der Waals surface area contributed by atoms with E-state index in [1.165, 1.54) is 0 Å². The van der Waals surface area contributed by atoms with Gasteiger partial charge in [0.05, 0.1) is 24.5 Å². The van der Waals surface area contributed by atoms with Crippen molar-refractivity contribution in [3.05, 3.63) is 22.1 Å². The van der Waals surface area contributed by atoms with E-state index in [2.05, 4.69) is 36.4 Å². The summed E-state index contributed by atoms with van der Waals surface area (Å²) in [6.45, 7) is 1.29. The monoisotopic (exact) mass is 353 g/mol. The van der Waals surface area contributed by atoms with Crippen molar-refractivity contribution in [2.24, 2.45) is 4.99 Å². The highest BCUT2D eigenvalue weighted by atomic mass is 32.1. The molecule has 0 saturated carbocycles. The average molecular weight is 354 g/mol. The van der Waals surface area contributed by atoms with Gasteiger partial charge in [0.25, 0.3) is 0 Å². The number of anilines is 2. The number of hydrogen-bond donors (Lipinski definition) is 2. The first kappa shape index (κ1) is 17.5. The van der Waals surface area contributed by atoms with E-state index in [9.17, 15) is 0 Å². The third-order valence-corrected chi connectivity index (χ3v) is 5.06. The molecule has 9 heteroatoms. The largest absolute Gasteiger partial charge is 0.354 e. The summed E-state index contributed by atoms with van der Waals surface area (Å²) >= 11 is 3.27. The van der Waals surface area contributed by atoms with Crippen LogP contribution in [0.4, 0.5) is 10.3 Å². The molecule has 0 aromatic carbocycles. The number of thiazole rings is 2. The third kappa shape index (κ3) is 5.07. The van der Waals surface area contributed by atoms with Gasteiger partial charge in [-0.1, -0.05) is 0 Å². The summed E-state index contributed by atoms with van der Waals surface area (Å²) in [4.78, 5) is 17.3. The summed E-state index contributed by atoms with van der Waals surface area (Å²) in [6, 6.07) is 0. The van der Waals surface area contributed by atoms with Gasteiger partial charge in [-0.25, -0.2) is 9.97 Å². The predicted molar refractivity (Wildman–Crippen MR) is 99.9 cm³/mol. The van der Waals surface area contributed by atoms with E-state index in [1.807, 2.05) is 38.0 Å². The molecule has 0 aliphatic carbocycles. The highest BCUT2D eigenvalue weighted by molar-refractivity contribution is 7.14. The molecule has 0 radical (unpaired) electrons. The fourth-order valence-corrected chi connectivity index (χ4v) is 3.25. The van der Waals surface area contributed by atoms with Crippen molar-refractivity contribution >= 4 is 38.9 Å². The molecule has 126 valence electrons. The highest BCUT2D eigenvalue weighted by Crippen LogP contribution is 2.18. The van der Waals surface area contributed by atoms with Crippen molar-refractivity contribution in [2.45, 2.75) is 13.1 Å². The SMILES string of the molecule is CN=C(NCc1csc(N(C)C)n1)NCc1csc(N(C)C)n1. The van der Waals surface area contributed by atoms with Gasteiger partial charge in [-0.2, -0.15) is 0 Å². The van der Waals surface area contributed by atoms with E-state index >= 15 is 0 Å². The smallest absolute Gasteiger partial charge is 0.191 e. The van der Waals surface area contributed by atoms with Crippen LogP contribution in [-0.2, 0) is 13.1 Å². The zero-order valence-electron chi connectivity index (χ0n) is 14.1. The van der Waals surface area contributed by atoms with E-state index in [1.54, 1.807) is 29.7 Å². The molecule has 0 aliphatic heterocycles. The highest BCUT2D eigenvalue weighted by Gasteiger charge is 2.06. The third-order valence-electron chi connectivity index (χ3n) is 2.94. The Balaban J connectivity index is 1.82. The molecule has 2 aromatic rings. The Morgan fingerprint density at radius 1 is 0.957 bits per heavy atom. The van der Waals surface area contributed by atoms with Crippen molar-refractivity contribution in [1.82, 2.24) is 20.6 Å². The average Bonchev–Trinajstić information content (AvgIpc) is 3.16. The van der Waals surface area contributed by atoms with Crippen LogP contribution in [0.25, 0.3) is 0 Å². The van der Waals surface area contributed by atoms with Crippen LogP contribution in [0.5, 0.6) is 0 Å². The molecule has 0 unspecified atom stereocenters. The Kier molecular flexibility index (Phi) is 6.17. The number of aliphatic imine (C=N–C) groups is 1. The maximum atomic E-state index is 4.54. The van der Waals surface area contributed by atoms with Gasteiger partial charge >= 0.3 is 0 Å². The van der Waals surface area contributed by atoms with Gasteiger partial charge in [-0.3, -0.25) is 4.99 Å². The summed E-state index contributed by atoms with van der Waals surface area (Å²) in [5, 5.41) is 12.7. The maximum absolute atomic E-state index is 4.54. The molecule has 0 atom stereocenters. The van der Waals surface area contributed by atoms with Crippen LogP contribution >= 0.6 is 22.7 Å². The Bertz CT molecular complexity index is 593. The van der Waals surface area contributed by atoms with Crippen LogP contribution in [0.1, 0.15) is 11.4 Å². The minimum Gasteiger partial charge on any atom is -0.354 e. The maximum Gasteiger partial charge on any atom is 0.191 e. The molecule has 0 amide bonds. The van der Waals surface area contributed by atoms with Crippen LogP contribution in [0.15, 0.2) is 15.8 Å². The number of aromatic nitrogens is 2. The number of guanidine groups is 1. The van der Waals surface area contributed by atoms with Gasteiger partial charge in [0.15, 0.2) is 16.2 Å². The zero-order valence-corrected chi connectivity index (χ0v) is 15.8. The predicted octanol–water partition coefficient (Wildman–Crippen LogP) is 1.60. The summed E-state index contributed by atoms with van der Waals surface area (Å²) < 4.78 is 0. The van der Waals surface area contributed by atoms with Gasteiger partial charge < -0.3 is 20.4 Å². The quantitative estimate of drug-likeness (QED) is 0.607. The van der Waals surface area contributed by atoms with Crippen molar-refractivity contribution < 1.29 is 0 Å². The Morgan fingerprint density at radius 2 is 1.39 bits per heavy atom. The lowest BCUT2D eigenvalue weighted by Crippen LogP contribution is -2.36. The van der Waals surface area contributed by atoms with Crippen LogP contribution in [0.3, 0.4) is 0 Å². The van der Waals surface area contributed by atoms with Crippen molar-refractivity contribution in [3.63, 3.8) is 0 Å². The minimum absolute atomic E-state index is 0.643. The molecule has 0 bridgehead atoms. The lowest BCUT2D eigenvalue weighted by molar-refractivity contribution is 0.787. The molecule has 2 aromatic heterocycles. The molecule has 7 nitrogen and oxygen atoms in total. The first-order valence-electron chi connectivity index (χ1n) is 7.17. The lowest BCUT2D eigenvalue weighted by atomic mass is 10.4. The molecule has 2 rings (SSSR count). The van der Waals surface area contributed by atoms with Gasteiger partial charge in [0.1, 0.15) is 0 Å². The number of nitrogens with zero attached hydrogens (tertiary/aromatic N) is 5. The van der Waals surface area contributed by atoms with E-state index in [0.717, 1.165) is 27.6 Å². The molecule has 2 N–H and O–H groups in total. The summed E-state index contributed by atoms with van der Waals surface area (Å²) in [5.74, 6) is 0.740. The molecular weight excluding hydrogens is 330 g/mol. The van der Waals surface area contributed by atoms with E-state index < -0.39 is 0 Å². The second-order valence-electron chi connectivity index (χ2n) is 5.31. The zero-order chi connectivity index (χ0) is 16.8. The Hall–Kier alpha value is -1.87. The summed E-state index contributed by atoms with van der Waals surface area (Å²) in [5.41, 5.74) is 2.01. The van der Waals surface area contributed by atoms with E-state index in [-0.39, 0.29) is 0 Å². The fraction of sp³-hybridized carbons (Fsp3) is 0.500. The summed E-state index contributed by atoms with van der Waals surface area (Å²) in [6.07, 6.45) is 0. The molecule has 0 spiro atoms. The molecular formula is C14H23N7S2. The van der Waals surface area contributed by atoms with Crippen LogP contribution in [0.2, 0.25) is 0 Å². The molecule has 23 heavy (non-hydrogen) atoms. The van der Waals surface area contributed by atoms with E-state index in [4.69, 9.17) is 0 Å². The summed E-state index contributed by atoms with van der Waals surface area (Å²) in [7, 11) is 9.73. The van der Waals surface area contributed by atoms with Crippen LogP contribution in [0, 0.1) is 0 Å². The van der Waals surface area contributed by atoms with Gasteiger partial charge in [0, 0.05) is 46.0 Å². The molecule has 2 heterocycles. The molecule has 0 aliphatic rings. The van der Waals surface area contributed by atoms with E-state index in [0.29, 0.717) is 13.1 Å². The fourth-order valence-electron chi connectivity index (χ4n) is 1.73. The normalized spacial score (nSPS) is 10.3. The second kappa shape index (κ2) is 8.11. The first-order valence-corrected chi connectivity index (χ1v) is 8.93. The lowest BCUT2D eigenvalue weighted by Gasteiger charge is -2.10. The van der Waals surface area contributed by atoms with Gasteiger partial charge in [-0.15, -0.1) is 22.7 Å². The number of hydrogen-bond acceptors (Lipinski definition) is 7. The van der Waals surface area contributed by atoms with Crippen molar-refractivity contribution in [3.8, 4) is 0 Å². The van der Waals surface area contributed by atoms with Crippen molar-refractivity contribution in [1.29, 1.82) is 0 Å². The number of nitrogens with one attached hydrogen (secondary N) is 2. The second-order valence-corrected chi connectivity index (χ2v) is 6.98. The van der Waals surface area contributed by atoms with Crippen molar-refractivity contribution in [2.75, 3.05) is 45.0 Å². The first-order chi connectivity index (χ1) is 11.0. The van der Waals surface area contributed by atoms with Crippen LogP contribution in [-0.4, -0.2) is 51.2 Å². The molecule has 0 saturated heterocycles. The minimum atomic E-state index is 0.643.